The lowest BCUT2D eigenvalue weighted by Gasteiger charge is -2.26. The van der Waals surface area contributed by atoms with Gasteiger partial charge in [-0.25, -0.2) is 4.79 Å². The largest absolute Gasteiger partial charge is 0.486 e. The fourth-order valence-electron chi connectivity index (χ4n) is 2.42. The maximum Gasteiger partial charge on any atom is 0.334 e. The summed E-state index contributed by atoms with van der Waals surface area (Å²) < 4.78 is 5.63. The van der Waals surface area contributed by atoms with Crippen LogP contribution in [0.5, 0.6) is 5.75 Å². The number of ether oxygens (including phenoxy) is 1. The Morgan fingerprint density at radius 1 is 1.04 bits per heavy atom. The van der Waals surface area contributed by atoms with E-state index in [4.69, 9.17) is 9.84 Å². The molecule has 0 aromatic heterocycles. The maximum atomic E-state index is 10.9. The first-order valence-electron chi connectivity index (χ1n) is 7.57. The van der Waals surface area contributed by atoms with E-state index in [0.717, 1.165) is 0 Å². The van der Waals surface area contributed by atoms with Crippen molar-refractivity contribution in [1.82, 2.24) is 0 Å². The van der Waals surface area contributed by atoms with Gasteiger partial charge in [-0.2, -0.15) is 0 Å². The topological polar surface area (TPSA) is 46.5 Å². The molecule has 0 spiro atoms. The summed E-state index contributed by atoms with van der Waals surface area (Å²) >= 11 is 0. The zero-order chi connectivity index (χ0) is 17.0. The lowest BCUT2D eigenvalue weighted by atomic mass is 9.78. The van der Waals surface area contributed by atoms with Crippen LogP contribution in [0.3, 0.4) is 0 Å². The molecular weight excluding hydrogens is 288 g/mol. The number of carboxylic acids is 1. The lowest BCUT2D eigenvalue weighted by molar-refractivity contribution is -0.133. The van der Waals surface area contributed by atoms with E-state index in [2.05, 4.69) is 32.6 Å². The van der Waals surface area contributed by atoms with Gasteiger partial charge in [0.25, 0.3) is 0 Å². The van der Waals surface area contributed by atoms with Crippen LogP contribution in [0.2, 0.25) is 0 Å². The highest BCUT2D eigenvalue weighted by Crippen LogP contribution is 2.32. The molecular formula is C20H22O3. The minimum Gasteiger partial charge on any atom is -0.486 e. The molecule has 2 aromatic carbocycles. The Labute approximate surface area is 137 Å². The molecule has 3 nitrogen and oxygen atoms in total. The van der Waals surface area contributed by atoms with E-state index in [1.165, 1.54) is 11.1 Å². The summed E-state index contributed by atoms with van der Waals surface area (Å²) in [7, 11) is 0. The second-order valence-electron chi connectivity index (χ2n) is 6.11. The van der Waals surface area contributed by atoms with Gasteiger partial charge in [0, 0.05) is 5.41 Å². The highest BCUT2D eigenvalue weighted by Gasteiger charge is 2.23. The van der Waals surface area contributed by atoms with Gasteiger partial charge in [0.05, 0.1) is 5.57 Å². The van der Waals surface area contributed by atoms with Crippen molar-refractivity contribution in [3.05, 3.63) is 77.9 Å². The molecule has 0 aliphatic heterocycles. The van der Waals surface area contributed by atoms with Gasteiger partial charge in [0.2, 0.25) is 0 Å². The summed E-state index contributed by atoms with van der Waals surface area (Å²) in [6.45, 7) is 9.55. The average molecular weight is 310 g/mol. The zero-order valence-electron chi connectivity index (χ0n) is 13.7. The van der Waals surface area contributed by atoms with Crippen molar-refractivity contribution in [1.29, 1.82) is 0 Å². The van der Waals surface area contributed by atoms with E-state index < -0.39 is 12.1 Å². The number of carboxylic acid groups (broad SMARTS) is 1. The predicted octanol–water partition coefficient (Wildman–Crippen LogP) is 4.42. The molecule has 3 heteroatoms. The lowest BCUT2D eigenvalue weighted by Crippen LogP contribution is -2.21. The first-order chi connectivity index (χ1) is 10.8. The van der Waals surface area contributed by atoms with Crippen LogP contribution in [0.1, 0.15) is 31.9 Å². The number of carbonyl (C=O) groups is 1. The first-order valence-corrected chi connectivity index (χ1v) is 7.57. The van der Waals surface area contributed by atoms with Crippen molar-refractivity contribution in [2.24, 2.45) is 0 Å². The van der Waals surface area contributed by atoms with Crippen molar-refractivity contribution >= 4 is 5.97 Å². The van der Waals surface area contributed by atoms with Crippen LogP contribution in [0.25, 0.3) is 0 Å². The van der Waals surface area contributed by atoms with E-state index in [1.54, 1.807) is 6.92 Å². The minimum atomic E-state index is -1.04. The van der Waals surface area contributed by atoms with Gasteiger partial charge in [-0.3, -0.25) is 0 Å². The average Bonchev–Trinajstić information content (AvgIpc) is 2.55. The second-order valence-corrected chi connectivity index (χ2v) is 6.11. The molecule has 0 heterocycles. The monoisotopic (exact) mass is 310 g/mol. The van der Waals surface area contributed by atoms with Crippen molar-refractivity contribution in [3.63, 3.8) is 0 Å². The molecule has 1 atom stereocenters. The van der Waals surface area contributed by atoms with Crippen molar-refractivity contribution in [2.45, 2.75) is 32.3 Å². The molecule has 23 heavy (non-hydrogen) atoms. The van der Waals surface area contributed by atoms with Crippen molar-refractivity contribution in [3.8, 4) is 5.75 Å². The van der Waals surface area contributed by atoms with Crippen LogP contribution in [0.15, 0.2) is 66.7 Å². The fraction of sp³-hybridized carbons (Fsp3) is 0.250. The summed E-state index contributed by atoms with van der Waals surface area (Å²) in [6, 6.07) is 18.1. The quantitative estimate of drug-likeness (QED) is 0.803. The molecule has 0 saturated carbocycles. The second kappa shape index (κ2) is 6.69. The Morgan fingerprint density at radius 2 is 1.57 bits per heavy atom. The fourth-order valence-corrected chi connectivity index (χ4v) is 2.42. The Balaban J connectivity index is 2.16. The van der Waals surface area contributed by atoms with Gasteiger partial charge in [0.15, 0.2) is 0 Å². The smallest absolute Gasteiger partial charge is 0.334 e. The van der Waals surface area contributed by atoms with E-state index in [9.17, 15) is 4.79 Å². The third kappa shape index (κ3) is 3.81. The summed E-state index contributed by atoms with van der Waals surface area (Å²) in [5.41, 5.74) is 2.33. The molecule has 0 bridgehead atoms. The Bertz CT molecular complexity index is 685. The third-order valence-corrected chi connectivity index (χ3v) is 4.15. The van der Waals surface area contributed by atoms with Gasteiger partial charge < -0.3 is 9.84 Å². The van der Waals surface area contributed by atoms with Crippen molar-refractivity contribution < 1.29 is 14.6 Å². The number of benzene rings is 2. The van der Waals surface area contributed by atoms with Crippen LogP contribution in [0, 0.1) is 0 Å². The molecule has 0 radical (unpaired) electrons. The summed E-state index contributed by atoms with van der Waals surface area (Å²) in [4.78, 5) is 10.9. The van der Waals surface area contributed by atoms with Crippen LogP contribution in [-0.4, -0.2) is 17.2 Å². The molecule has 1 unspecified atom stereocenters. The van der Waals surface area contributed by atoms with Crippen LogP contribution >= 0.6 is 0 Å². The number of aliphatic carboxylic acids is 1. The minimum absolute atomic E-state index is 0.0405. The first kappa shape index (κ1) is 16.8. The van der Waals surface area contributed by atoms with Crippen LogP contribution in [-0.2, 0) is 10.2 Å². The summed E-state index contributed by atoms with van der Waals surface area (Å²) in [6.07, 6.45) is -0.569. The van der Waals surface area contributed by atoms with Gasteiger partial charge in [-0.1, -0.05) is 62.9 Å². The zero-order valence-corrected chi connectivity index (χ0v) is 13.7. The molecule has 0 aliphatic rings. The number of hydrogen-bond donors (Lipinski definition) is 1. The summed E-state index contributed by atoms with van der Waals surface area (Å²) in [5, 5.41) is 8.93. The molecule has 0 fully saturated rings. The summed E-state index contributed by atoms with van der Waals surface area (Å²) in [5.74, 6) is -0.410. The number of hydrogen-bond acceptors (Lipinski definition) is 2. The third-order valence-electron chi connectivity index (χ3n) is 4.15. The van der Waals surface area contributed by atoms with Gasteiger partial charge in [0.1, 0.15) is 11.9 Å². The van der Waals surface area contributed by atoms with E-state index in [-0.39, 0.29) is 11.0 Å². The Morgan fingerprint density at radius 3 is 2.09 bits per heavy atom. The molecule has 0 amide bonds. The van der Waals surface area contributed by atoms with Crippen LogP contribution in [0.4, 0.5) is 0 Å². The normalized spacial score (nSPS) is 12.5. The van der Waals surface area contributed by atoms with Gasteiger partial charge in [-0.15, -0.1) is 0 Å². The SMILES string of the molecule is C=C(C(=O)O)C(C)Oc1ccc(C(C)(C)c2ccccc2)cc1. The Kier molecular flexibility index (Phi) is 4.89. The van der Waals surface area contributed by atoms with E-state index in [1.807, 2.05) is 42.5 Å². The number of rotatable bonds is 6. The molecule has 1 N–H and O–H groups in total. The highest BCUT2D eigenvalue weighted by atomic mass is 16.5. The van der Waals surface area contributed by atoms with Gasteiger partial charge >= 0.3 is 5.97 Å². The predicted molar refractivity (Wildman–Crippen MR) is 91.9 cm³/mol. The molecule has 0 saturated heterocycles. The standard InChI is InChI=1S/C20H22O3/c1-14(19(21)22)15(2)23-18-12-10-17(11-13-18)20(3,4)16-8-6-5-7-9-16/h5-13,15H,1H2,2-4H3,(H,21,22). The van der Waals surface area contributed by atoms with Crippen molar-refractivity contribution in [2.75, 3.05) is 0 Å². The van der Waals surface area contributed by atoms with Gasteiger partial charge in [-0.05, 0) is 30.2 Å². The van der Waals surface area contributed by atoms with E-state index >= 15 is 0 Å². The van der Waals surface area contributed by atoms with Crippen LogP contribution < -0.4 is 4.74 Å². The molecule has 0 aliphatic carbocycles. The van der Waals surface area contributed by atoms with E-state index in [0.29, 0.717) is 5.75 Å². The molecule has 120 valence electrons. The maximum absolute atomic E-state index is 10.9. The highest BCUT2D eigenvalue weighted by molar-refractivity contribution is 5.86. The molecule has 2 rings (SSSR count). The molecule has 2 aromatic rings. The Hall–Kier alpha value is -2.55.